The average Bonchev–Trinajstić information content (AvgIpc) is 3.28. The lowest BCUT2D eigenvalue weighted by atomic mass is 9.95. The van der Waals surface area contributed by atoms with Crippen LogP contribution in [0.2, 0.25) is 0 Å². The first-order chi connectivity index (χ1) is 15.5. The molecule has 4 rings (SSSR count). The maximum atomic E-state index is 12.9. The van der Waals surface area contributed by atoms with Crippen molar-refractivity contribution in [3.05, 3.63) is 34.6 Å². The Bertz CT molecular complexity index is 936. The molecule has 0 N–H and O–H groups in total. The summed E-state index contributed by atoms with van der Waals surface area (Å²) in [5.74, 6) is 1.39. The van der Waals surface area contributed by atoms with Gasteiger partial charge in [-0.3, -0.25) is 9.69 Å². The number of hydrogen-bond acceptors (Lipinski definition) is 7. The highest BCUT2D eigenvalue weighted by Crippen LogP contribution is 2.24. The van der Waals surface area contributed by atoms with Crippen molar-refractivity contribution < 1.29 is 18.8 Å². The summed E-state index contributed by atoms with van der Waals surface area (Å²) in [5.41, 5.74) is 0.904. The van der Waals surface area contributed by atoms with Crippen molar-refractivity contribution in [3.63, 3.8) is 0 Å². The van der Waals surface area contributed by atoms with E-state index < -0.39 is 0 Å². The van der Waals surface area contributed by atoms with Crippen LogP contribution in [0, 0.1) is 5.92 Å². The number of hydrogen-bond donors (Lipinski definition) is 0. The Balaban J connectivity index is 1.23. The van der Waals surface area contributed by atoms with Gasteiger partial charge >= 0.3 is 6.09 Å². The summed E-state index contributed by atoms with van der Waals surface area (Å²) in [7, 11) is 0. The van der Waals surface area contributed by atoms with E-state index in [-0.39, 0.29) is 17.9 Å². The zero-order chi connectivity index (χ0) is 22.5. The average molecular weight is 506 g/mol. The number of likely N-dealkylation sites (tertiary alicyclic amines) is 1. The SMILES string of the molecule is CCOC(=O)N1CCN(C(=O)C2CCN(Cc3nc(-c4cccc(Br)c4)no3)CC2)CC1. The van der Waals surface area contributed by atoms with Crippen molar-refractivity contribution in [2.75, 3.05) is 45.9 Å². The molecule has 32 heavy (non-hydrogen) atoms. The van der Waals surface area contributed by atoms with Gasteiger partial charge < -0.3 is 19.1 Å². The second-order valence-corrected chi connectivity index (χ2v) is 9.00. The van der Waals surface area contributed by atoms with Crippen molar-refractivity contribution in [3.8, 4) is 11.4 Å². The Kier molecular flexibility index (Phi) is 7.41. The van der Waals surface area contributed by atoms with Crippen LogP contribution >= 0.6 is 15.9 Å². The summed E-state index contributed by atoms with van der Waals surface area (Å²) in [6, 6.07) is 7.80. The molecular weight excluding hydrogens is 478 g/mol. The van der Waals surface area contributed by atoms with E-state index in [0.29, 0.717) is 51.0 Å². The maximum absolute atomic E-state index is 12.9. The number of piperidine rings is 1. The number of halogens is 1. The number of carbonyl (C=O) groups excluding carboxylic acids is 2. The van der Waals surface area contributed by atoms with Gasteiger partial charge in [-0.2, -0.15) is 4.98 Å². The van der Waals surface area contributed by atoms with Gasteiger partial charge in [0, 0.05) is 42.1 Å². The van der Waals surface area contributed by atoms with E-state index in [0.717, 1.165) is 36.0 Å². The van der Waals surface area contributed by atoms with Gasteiger partial charge in [-0.25, -0.2) is 4.79 Å². The van der Waals surface area contributed by atoms with E-state index in [1.165, 1.54) is 0 Å². The van der Waals surface area contributed by atoms with E-state index in [1.54, 1.807) is 11.8 Å². The van der Waals surface area contributed by atoms with Crippen LogP contribution in [-0.4, -0.2) is 82.7 Å². The minimum absolute atomic E-state index is 0.0281. The summed E-state index contributed by atoms with van der Waals surface area (Å²) < 4.78 is 11.5. The van der Waals surface area contributed by atoms with Crippen LogP contribution in [0.3, 0.4) is 0 Å². The predicted octanol–water partition coefficient (Wildman–Crippen LogP) is 3.01. The molecule has 0 bridgehead atoms. The number of ether oxygens (including phenoxy) is 1. The summed E-state index contributed by atoms with van der Waals surface area (Å²) in [4.78, 5) is 35.1. The lowest BCUT2D eigenvalue weighted by Crippen LogP contribution is -2.53. The number of benzene rings is 1. The molecule has 0 radical (unpaired) electrons. The molecule has 0 saturated carbocycles. The summed E-state index contributed by atoms with van der Waals surface area (Å²) in [6.45, 7) is 6.56. The molecule has 0 spiro atoms. The second-order valence-electron chi connectivity index (χ2n) is 8.08. The van der Waals surface area contributed by atoms with Gasteiger partial charge in [0.25, 0.3) is 0 Å². The summed E-state index contributed by atoms with van der Waals surface area (Å²) >= 11 is 3.46. The standard InChI is InChI=1S/C22H28BrN5O4/c1-2-31-22(30)28-12-10-27(11-13-28)21(29)16-6-8-26(9-7-16)15-19-24-20(25-32-19)17-4-3-5-18(23)14-17/h3-5,14,16H,2,6-13,15H2,1H3. The molecular formula is C22H28BrN5O4. The Morgan fingerprint density at radius 2 is 1.84 bits per heavy atom. The molecule has 1 aromatic heterocycles. The molecule has 172 valence electrons. The molecule has 1 aromatic carbocycles. The van der Waals surface area contributed by atoms with Crippen molar-refractivity contribution >= 4 is 27.9 Å². The molecule has 2 aliphatic heterocycles. The molecule has 3 heterocycles. The Hall–Kier alpha value is -2.46. The van der Waals surface area contributed by atoms with Crippen LogP contribution in [0.25, 0.3) is 11.4 Å². The van der Waals surface area contributed by atoms with Crippen LogP contribution in [0.5, 0.6) is 0 Å². The summed E-state index contributed by atoms with van der Waals surface area (Å²) in [5, 5.41) is 4.10. The quantitative estimate of drug-likeness (QED) is 0.616. The molecule has 9 nitrogen and oxygen atoms in total. The predicted molar refractivity (Wildman–Crippen MR) is 121 cm³/mol. The summed E-state index contributed by atoms with van der Waals surface area (Å²) in [6.07, 6.45) is 1.32. The van der Waals surface area contributed by atoms with Crippen LogP contribution in [0.1, 0.15) is 25.7 Å². The fraction of sp³-hybridized carbons (Fsp3) is 0.545. The first-order valence-corrected chi connectivity index (χ1v) is 11.8. The molecule has 2 aliphatic rings. The minimum atomic E-state index is -0.294. The van der Waals surface area contributed by atoms with Gasteiger partial charge in [0.15, 0.2) is 0 Å². The van der Waals surface area contributed by atoms with Gasteiger partial charge in [0.1, 0.15) is 0 Å². The Morgan fingerprint density at radius 3 is 2.53 bits per heavy atom. The van der Waals surface area contributed by atoms with Crippen LogP contribution in [0.15, 0.2) is 33.3 Å². The third-order valence-corrected chi connectivity index (χ3v) is 6.46. The van der Waals surface area contributed by atoms with E-state index >= 15 is 0 Å². The number of nitrogens with zero attached hydrogens (tertiary/aromatic N) is 5. The largest absolute Gasteiger partial charge is 0.450 e. The van der Waals surface area contributed by atoms with Crippen LogP contribution in [-0.2, 0) is 16.1 Å². The van der Waals surface area contributed by atoms with Crippen molar-refractivity contribution in [1.29, 1.82) is 0 Å². The van der Waals surface area contributed by atoms with Crippen LogP contribution < -0.4 is 0 Å². The molecule has 2 fully saturated rings. The first-order valence-electron chi connectivity index (χ1n) is 11.0. The zero-order valence-corrected chi connectivity index (χ0v) is 19.8. The Labute approximate surface area is 195 Å². The smallest absolute Gasteiger partial charge is 0.409 e. The highest BCUT2D eigenvalue weighted by atomic mass is 79.9. The third-order valence-electron chi connectivity index (χ3n) is 5.96. The lowest BCUT2D eigenvalue weighted by molar-refractivity contribution is -0.138. The zero-order valence-electron chi connectivity index (χ0n) is 18.2. The van der Waals surface area contributed by atoms with Crippen molar-refractivity contribution in [2.24, 2.45) is 5.92 Å². The van der Waals surface area contributed by atoms with E-state index in [2.05, 4.69) is 31.0 Å². The third kappa shape index (κ3) is 5.47. The van der Waals surface area contributed by atoms with Gasteiger partial charge in [-0.15, -0.1) is 0 Å². The Morgan fingerprint density at radius 1 is 1.12 bits per heavy atom. The van der Waals surface area contributed by atoms with Crippen molar-refractivity contribution in [2.45, 2.75) is 26.3 Å². The van der Waals surface area contributed by atoms with E-state index in [9.17, 15) is 9.59 Å². The molecule has 0 atom stereocenters. The molecule has 0 unspecified atom stereocenters. The normalized spacial score (nSPS) is 18.1. The molecule has 10 heteroatoms. The number of aromatic nitrogens is 2. The topological polar surface area (TPSA) is 92.0 Å². The maximum Gasteiger partial charge on any atom is 0.409 e. The molecule has 2 aromatic rings. The number of rotatable bonds is 5. The number of piperazine rings is 1. The van der Waals surface area contributed by atoms with E-state index in [4.69, 9.17) is 9.26 Å². The molecule has 2 amide bonds. The fourth-order valence-corrected chi connectivity index (χ4v) is 4.57. The fourth-order valence-electron chi connectivity index (χ4n) is 4.18. The van der Waals surface area contributed by atoms with Gasteiger partial charge in [-0.1, -0.05) is 33.2 Å². The second kappa shape index (κ2) is 10.4. The highest BCUT2D eigenvalue weighted by Gasteiger charge is 2.32. The van der Waals surface area contributed by atoms with Gasteiger partial charge in [-0.05, 0) is 45.0 Å². The van der Waals surface area contributed by atoms with Gasteiger partial charge in [0.2, 0.25) is 17.6 Å². The molecule has 2 saturated heterocycles. The minimum Gasteiger partial charge on any atom is -0.450 e. The number of carbonyl (C=O) groups is 2. The monoisotopic (exact) mass is 505 g/mol. The first kappa shape index (κ1) is 22.7. The van der Waals surface area contributed by atoms with Crippen LogP contribution in [0.4, 0.5) is 4.79 Å². The van der Waals surface area contributed by atoms with Crippen molar-refractivity contribution in [1.82, 2.24) is 24.8 Å². The number of amides is 2. The highest BCUT2D eigenvalue weighted by molar-refractivity contribution is 9.10. The lowest BCUT2D eigenvalue weighted by Gasteiger charge is -2.38. The van der Waals surface area contributed by atoms with E-state index in [1.807, 2.05) is 29.2 Å². The van der Waals surface area contributed by atoms with Gasteiger partial charge in [0.05, 0.1) is 13.2 Å². The molecule has 0 aliphatic carbocycles.